The molecular weight excluding hydrogens is 415 g/mol. The molecule has 0 radical (unpaired) electrons. The standard InChI is InChI=1S/C23H27FN4O4/c1-16-19(23(30)27-10-12-31-13-11-27)14-25-22(26-16)20-4-2-3-9-28(20)21(29)15-32-18-7-5-17(24)6-8-18/h5-8,14,20H,2-4,9-13,15H2,1H3/t20-/m1/s1. The highest BCUT2D eigenvalue weighted by atomic mass is 19.1. The molecule has 2 fully saturated rings. The van der Waals surface area contributed by atoms with Crippen LogP contribution in [0.2, 0.25) is 0 Å². The zero-order chi connectivity index (χ0) is 22.5. The van der Waals surface area contributed by atoms with Gasteiger partial charge in [-0.15, -0.1) is 0 Å². The smallest absolute Gasteiger partial charge is 0.261 e. The molecular formula is C23H27FN4O4. The number of amides is 2. The van der Waals surface area contributed by atoms with Gasteiger partial charge in [0.15, 0.2) is 12.4 Å². The van der Waals surface area contributed by atoms with Gasteiger partial charge >= 0.3 is 0 Å². The minimum Gasteiger partial charge on any atom is -0.484 e. The Balaban J connectivity index is 1.45. The topological polar surface area (TPSA) is 84.9 Å². The highest BCUT2D eigenvalue weighted by Gasteiger charge is 2.31. The Morgan fingerprint density at radius 1 is 1.16 bits per heavy atom. The zero-order valence-corrected chi connectivity index (χ0v) is 18.1. The predicted molar refractivity (Wildman–Crippen MR) is 114 cm³/mol. The summed E-state index contributed by atoms with van der Waals surface area (Å²) in [6.07, 6.45) is 4.18. The third-order valence-electron chi connectivity index (χ3n) is 5.82. The number of ether oxygens (including phenoxy) is 2. The fourth-order valence-electron chi connectivity index (χ4n) is 4.05. The Hall–Kier alpha value is -3.07. The monoisotopic (exact) mass is 442 g/mol. The van der Waals surface area contributed by atoms with Crippen LogP contribution in [-0.2, 0) is 9.53 Å². The summed E-state index contributed by atoms with van der Waals surface area (Å²) in [6, 6.07) is 5.30. The predicted octanol–water partition coefficient (Wildman–Crippen LogP) is 2.53. The van der Waals surface area contributed by atoms with Gasteiger partial charge in [0.25, 0.3) is 11.8 Å². The van der Waals surface area contributed by atoms with Gasteiger partial charge < -0.3 is 19.3 Å². The van der Waals surface area contributed by atoms with Crippen molar-refractivity contribution in [3.8, 4) is 5.75 Å². The van der Waals surface area contributed by atoms with Crippen molar-refractivity contribution in [2.75, 3.05) is 39.5 Å². The van der Waals surface area contributed by atoms with Crippen LogP contribution in [0.4, 0.5) is 4.39 Å². The van der Waals surface area contributed by atoms with Crippen LogP contribution < -0.4 is 4.74 Å². The molecule has 1 aromatic carbocycles. The molecule has 9 heteroatoms. The van der Waals surface area contributed by atoms with Crippen LogP contribution in [0, 0.1) is 12.7 Å². The minimum atomic E-state index is -0.358. The summed E-state index contributed by atoms with van der Waals surface area (Å²) < 4.78 is 23.9. The molecule has 32 heavy (non-hydrogen) atoms. The van der Waals surface area contributed by atoms with Gasteiger partial charge in [-0.25, -0.2) is 14.4 Å². The number of nitrogens with zero attached hydrogens (tertiary/aromatic N) is 4. The molecule has 2 aromatic rings. The first-order valence-corrected chi connectivity index (χ1v) is 10.9. The lowest BCUT2D eigenvalue weighted by Gasteiger charge is -2.35. The fourth-order valence-corrected chi connectivity index (χ4v) is 4.05. The highest BCUT2D eigenvalue weighted by molar-refractivity contribution is 5.95. The number of benzene rings is 1. The first-order valence-electron chi connectivity index (χ1n) is 10.9. The molecule has 1 aromatic heterocycles. The fraction of sp³-hybridized carbons (Fsp3) is 0.478. The minimum absolute atomic E-state index is 0.0957. The van der Waals surface area contributed by atoms with Gasteiger partial charge in [0.1, 0.15) is 11.6 Å². The van der Waals surface area contributed by atoms with E-state index in [0.29, 0.717) is 55.7 Å². The molecule has 0 spiro atoms. The van der Waals surface area contributed by atoms with Gasteiger partial charge in [-0.05, 0) is 50.5 Å². The number of aromatic nitrogens is 2. The normalized spacial score (nSPS) is 19.0. The van der Waals surface area contributed by atoms with Crippen LogP contribution >= 0.6 is 0 Å². The van der Waals surface area contributed by atoms with Crippen LogP contribution in [0.1, 0.15) is 47.2 Å². The molecule has 4 rings (SSSR count). The Morgan fingerprint density at radius 2 is 1.91 bits per heavy atom. The van der Waals surface area contributed by atoms with Crippen molar-refractivity contribution >= 4 is 11.8 Å². The largest absolute Gasteiger partial charge is 0.484 e. The lowest BCUT2D eigenvalue weighted by atomic mass is 10.0. The van der Waals surface area contributed by atoms with E-state index in [0.717, 1.165) is 19.3 Å². The molecule has 8 nitrogen and oxygen atoms in total. The number of hydrogen-bond acceptors (Lipinski definition) is 6. The maximum atomic E-state index is 13.1. The average Bonchev–Trinajstić information content (AvgIpc) is 2.83. The van der Waals surface area contributed by atoms with Crippen LogP contribution in [-0.4, -0.2) is 71.0 Å². The van der Waals surface area contributed by atoms with Gasteiger partial charge in [0.05, 0.1) is 30.5 Å². The summed E-state index contributed by atoms with van der Waals surface area (Å²) in [5.74, 6) is 0.348. The molecule has 2 saturated heterocycles. The molecule has 2 amide bonds. The summed E-state index contributed by atoms with van der Waals surface area (Å²) in [7, 11) is 0. The number of hydrogen-bond donors (Lipinski definition) is 0. The van der Waals surface area contributed by atoms with E-state index in [-0.39, 0.29) is 30.3 Å². The van der Waals surface area contributed by atoms with Crippen molar-refractivity contribution in [2.45, 2.75) is 32.2 Å². The van der Waals surface area contributed by atoms with Gasteiger partial charge in [0.2, 0.25) is 0 Å². The third kappa shape index (κ3) is 5.04. The maximum Gasteiger partial charge on any atom is 0.261 e. The van der Waals surface area contributed by atoms with Crippen LogP contribution in [0.25, 0.3) is 0 Å². The Kier molecular flexibility index (Phi) is 6.94. The molecule has 2 aliphatic rings. The third-order valence-corrected chi connectivity index (χ3v) is 5.82. The van der Waals surface area contributed by atoms with E-state index in [1.54, 1.807) is 22.9 Å². The Morgan fingerprint density at radius 3 is 2.62 bits per heavy atom. The van der Waals surface area contributed by atoms with Crippen molar-refractivity contribution in [2.24, 2.45) is 0 Å². The SMILES string of the molecule is Cc1nc([C@H]2CCCCN2C(=O)COc2ccc(F)cc2)ncc1C(=O)N1CCOCC1. The molecule has 1 atom stereocenters. The van der Waals surface area contributed by atoms with Gasteiger partial charge in [-0.3, -0.25) is 9.59 Å². The zero-order valence-electron chi connectivity index (χ0n) is 18.1. The number of likely N-dealkylation sites (tertiary alicyclic amines) is 1. The summed E-state index contributed by atoms with van der Waals surface area (Å²) in [5.41, 5.74) is 1.08. The highest BCUT2D eigenvalue weighted by Crippen LogP contribution is 2.29. The number of aryl methyl sites for hydroxylation is 1. The van der Waals surface area contributed by atoms with Crippen LogP contribution in [0.5, 0.6) is 5.75 Å². The van der Waals surface area contributed by atoms with E-state index in [9.17, 15) is 14.0 Å². The van der Waals surface area contributed by atoms with E-state index in [1.165, 1.54) is 24.3 Å². The van der Waals surface area contributed by atoms with Crippen molar-refractivity contribution in [3.63, 3.8) is 0 Å². The Labute approximate surface area is 186 Å². The summed E-state index contributed by atoms with van der Waals surface area (Å²) >= 11 is 0. The number of halogens is 1. The van der Waals surface area contributed by atoms with Crippen LogP contribution in [0.15, 0.2) is 30.5 Å². The van der Waals surface area contributed by atoms with Crippen molar-refractivity contribution in [3.05, 3.63) is 53.4 Å². The van der Waals surface area contributed by atoms with E-state index < -0.39 is 0 Å². The first kappa shape index (κ1) is 22.1. The summed E-state index contributed by atoms with van der Waals surface area (Å²) in [6.45, 7) is 4.41. The van der Waals surface area contributed by atoms with Crippen molar-refractivity contribution < 1.29 is 23.5 Å². The lowest BCUT2D eigenvalue weighted by Crippen LogP contribution is -2.42. The van der Waals surface area contributed by atoms with Crippen molar-refractivity contribution in [1.29, 1.82) is 0 Å². The van der Waals surface area contributed by atoms with Gasteiger partial charge in [-0.2, -0.15) is 0 Å². The molecule has 0 bridgehead atoms. The molecule has 2 aliphatic heterocycles. The van der Waals surface area contributed by atoms with E-state index in [1.807, 2.05) is 0 Å². The maximum absolute atomic E-state index is 13.1. The number of carbonyl (C=O) groups excluding carboxylic acids is 2. The number of rotatable bonds is 5. The second kappa shape index (κ2) is 10.0. The molecule has 0 aliphatic carbocycles. The van der Waals surface area contributed by atoms with Gasteiger partial charge in [0, 0.05) is 25.8 Å². The Bertz CT molecular complexity index is 963. The summed E-state index contributed by atoms with van der Waals surface area (Å²) in [5, 5.41) is 0. The second-order valence-corrected chi connectivity index (χ2v) is 7.97. The molecule has 0 saturated carbocycles. The van der Waals surface area contributed by atoms with Crippen LogP contribution in [0.3, 0.4) is 0 Å². The molecule has 170 valence electrons. The first-order chi connectivity index (χ1) is 15.5. The lowest BCUT2D eigenvalue weighted by molar-refractivity contribution is -0.137. The molecule has 3 heterocycles. The molecule has 0 N–H and O–H groups in total. The van der Waals surface area contributed by atoms with E-state index in [2.05, 4.69) is 9.97 Å². The van der Waals surface area contributed by atoms with E-state index >= 15 is 0 Å². The van der Waals surface area contributed by atoms with Gasteiger partial charge in [-0.1, -0.05) is 0 Å². The van der Waals surface area contributed by atoms with Crippen molar-refractivity contribution in [1.82, 2.24) is 19.8 Å². The second-order valence-electron chi connectivity index (χ2n) is 7.97. The number of morpholine rings is 1. The quantitative estimate of drug-likeness (QED) is 0.708. The number of carbonyl (C=O) groups is 2. The van der Waals surface area contributed by atoms with E-state index in [4.69, 9.17) is 9.47 Å². The average molecular weight is 442 g/mol. The number of piperidine rings is 1. The molecule has 0 unspecified atom stereocenters. The summed E-state index contributed by atoms with van der Waals surface area (Å²) in [4.78, 5) is 38.3.